The highest BCUT2D eigenvalue weighted by atomic mass is 16.4. The summed E-state index contributed by atoms with van der Waals surface area (Å²) in [6.45, 7) is 3.67. The Labute approximate surface area is 140 Å². The average Bonchev–Trinajstić information content (AvgIpc) is 2.46. The topological polar surface area (TPSA) is 144 Å². The smallest absolute Gasteiger partial charge is 0.325 e. The minimum absolute atomic E-state index is 0.0597. The van der Waals surface area contributed by atoms with E-state index in [0.717, 1.165) is 0 Å². The Balaban J connectivity index is 3.22. The molecule has 1 aromatic rings. The van der Waals surface area contributed by atoms with E-state index in [-0.39, 0.29) is 18.8 Å². The lowest BCUT2D eigenvalue weighted by Gasteiger charge is -2.31. The number of hydrogen-bond acceptors (Lipinski definition) is 5. The third kappa shape index (κ3) is 4.62. The first-order chi connectivity index (χ1) is 11.1. The molecule has 0 saturated carbocycles. The van der Waals surface area contributed by atoms with E-state index in [0.29, 0.717) is 5.56 Å². The van der Waals surface area contributed by atoms with E-state index in [1.807, 2.05) is 13.8 Å². The number of benzene rings is 1. The maximum Gasteiger partial charge on any atom is 0.325 e. The maximum atomic E-state index is 12.5. The molecular weight excluding hydrogens is 312 g/mol. The van der Waals surface area contributed by atoms with E-state index in [4.69, 9.17) is 11.5 Å². The number of hydrogen-bond donors (Lipinski definition) is 4. The molecule has 7 heteroatoms. The van der Waals surface area contributed by atoms with Gasteiger partial charge < -0.3 is 21.7 Å². The lowest BCUT2D eigenvalue weighted by atomic mass is 9.75. The quantitative estimate of drug-likeness (QED) is 0.485. The number of carbonyl (C=O) groups excluding carboxylic acids is 1. The van der Waals surface area contributed by atoms with Gasteiger partial charge >= 0.3 is 11.9 Å². The van der Waals surface area contributed by atoms with Crippen LogP contribution < -0.4 is 11.5 Å². The molecule has 0 aliphatic heterocycles. The van der Waals surface area contributed by atoms with Crippen LogP contribution in [-0.4, -0.2) is 39.5 Å². The predicted octanol–water partition coefficient (Wildman–Crippen LogP) is 0.655. The normalized spacial score (nSPS) is 16.2. The summed E-state index contributed by atoms with van der Waals surface area (Å²) >= 11 is 0. The van der Waals surface area contributed by atoms with Crippen molar-refractivity contribution in [2.75, 3.05) is 0 Å². The van der Waals surface area contributed by atoms with Crippen LogP contribution >= 0.6 is 0 Å². The Morgan fingerprint density at radius 3 is 2.08 bits per heavy atom. The fraction of sp³-hybridized carbons (Fsp3) is 0.471. The summed E-state index contributed by atoms with van der Waals surface area (Å²) in [7, 11) is 0. The third-order valence-corrected chi connectivity index (χ3v) is 3.88. The van der Waals surface area contributed by atoms with E-state index in [2.05, 4.69) is 0 Å². The van der Waals surface area contributed by atoms with Crippen LogP contribution in [0.2, 0.25) is 0 Å². The van der Waals surface area contributed by atoms with Crippen molar-refractivity contribution in [1.82, 2.24) is 0 Å². The van der Waals surface area contributed by atoms with E-state index >= 15 is 0 Å². The molecule has 1 aromatic carbocycles. The van der Waals surface area contributed by atoms with Crippen molar-refractivity contribution in [1.29, 1.82) is 0 Å². The Hall–Kier alpha value is -2.25. The van der Waals surface area contributed by atoms with Crippen LogP contribution in [-0.2, 0) is 20.8 Å². The Morgan fingerprint density at radius 2 is 1.67 bits per heavy atom. The largest absolute Gasteiger partial charge is 0.481 e. The van der Waals surface area contributed by atoms with E-state index in [1.54, 1.807) is 30.3 Å². The van der Waals surface area contributed by atoms with Crippen molar-refractivity contribution >= 4 is 17.7 Å². The Bertz CT molecular complexity index is 602. The fourth-order valence-corrected chi connectivity index (χ4v) is 2.67. The summed E-state index contributed by atoms with van der Waals surface area (Å²) in [6.07, 6.45) is -0.0378. The summed E-state index contributed by atoms with van der Waals surface area (Å²) < 4.78 is 0. The zero-order chi connectivity index (χ0) is 18.5. The molecule has 0 aromatic heterocycles. The lowest BCUT2D eigenvalue weighted by molar-refractivity contribution is -0.159. The van der Waals surface area contributed by atoms with Crippen LogP contribution in [0.1, 0.15) is 25.8 Å². The van der Waals surface area contributed by atoms with Crippen LogP contribution in [0, 0.1) is 11.8 Å². The summed E-state index contributed by atoms with van der Waals surface area (Å²) in [6, 6.07) is 7.27. The molecule has 0 radical (unpaired) electrons. The molecule has 0 fully saturated rings. The second kappa shape index (κ2) is 8.03. The van der Waals surface area contributed by atoms with Crippen LogP contribution in [0.15, 0.2) is 30.3 Å². The molecule has 3 unspecified atom stereocenters. The van der Waals surface area contributed by atoms with Gasteiger partial charge in [-0.3, -0.25) is 14.4 Å². The molecule has 0 amide bonds. The van der Waals surface area contributed by atoms with E-state index in [1.165, 1.54) is 0 Å². The van der Waals surface area contributed by atoms with Crippen molar-refractivity contribution < 1.29 is 24.6 Å². The van der Waals surface area contributed by atoms with E-state index < -0.39 is 35.2 Å². The van der Waals surface area contributed by atoms with Crippen LogP contribution in [0.5, 0.6) is 0 Å². The van der Waals surface area contributed by atoms with Crippen molar-refractivity contribution in [3.63, 3.8) is 0 Å². The summed E-state index contributed by atoms with van der Waals surface area (Å²) in [5, 5.41) is 19.0. The molecule has 1 rings (SSSR count). The van der Waals surface area contributed by atoms with Gasteiger partial charge in [-0.2, -0.15) is 0 Å². The van der Waals surface area contributed by atoms with E-state index in [9.17, 15) is 24.6 Å². The minimum Gasteiger partial charge on any atom is -0.481 e. The number of carboxylic acids is 2. The first-order valence-corrected chi connectivity index (χ1v) is 7.68. The van der Waals surface area contributed by atoms with Crippen molar-refractivity contribution in [2.24, 2.45) is 23.3 Å². The van der Waals surface area contributed by atoms with Gasteiger partial charge in [-0.1, -0.05) is 44.2 Å². The summed E-state index contributed by atoms with van der Waals surface area (Å²) in [4.78, 5) is 35.9. The second-order valence-electron chi connectivity index (χ2n) is 6.42. The standard InChI is InChI=1S/C17H24N2O5/c1-10(2)8-12(18)14(20)13(15(21)22)17(19,16(23)24)9-11-6-4-3-5-7-11/h3-7,10,12-13H,8-9,18-19H2,1-2H3,(H,21,22)(H,23,24). The number of ketones is 1. The number of aliphatic carboxylic acids is 2. The van der Waals surface area contributed by atoms with Crippen LogP contribution in [0.3, 0.4) is 0 Å². The molecule has 0 saturated heterocycles. The number of rotatable bonds is 9. The number of carboxylic acid groups (broad SMARTS) is 2. The Morgan fingerprint density at radius 1 is 1.12 bits per heavy atom. The molecule has 0 aliphatic carbocycles. The molecule has 0 spiro atoms. The van der Waals surface area contributed by atoms with Gasteiger partial charge in [0.1, 0.15) is 11.5 Å². The first kappa shape index (κ1) is 19.8. The summed E-state index contributed by atoms with van der Waals surface area (Å²) in [5.74, 6) is -5.87. The summed E-state index contributed by atoms with van der Waals surface area (Å²) in [5.41, 5.74) is 9.96. The monoisotopic (exact) mass is 336 g/mol. The molecule has 0 aliphatic rings. The number of carbonyl (C=O) groups is 3. The third-order valence-electron chi connectivity index (χ3n) is 3.88. The van der Waals surface area contributed by atoms with Gasteiger partial charge in [0.2, 0.25) is 0 Å². The van der Waals surface area contributed by atoms with Crippen molar-refractivity contribution in [2.45, 2.75) is 38.3 Å². The fourth-order valence-electron chi connectivity index (χ4n) is 2.67. The molecule has 132 valence electrons. The first-order valence-electron chi connectivity index (χ1n) is 7.68. The number of Topliss-reactive ketones (excluding diaryl/α,β-unsaturated/α-hetero) is 1. The molecule has 24 heavy (non-hydrogen) atoms. The predicted molar refractivity (Wildman–Crippen MR) is 88.3 cm³/mol. The molecule has 0 bridgehead atoms. The zero-order valence-corrected chi connectivity index (χ0v) is 13.8. The van der Waals surface area contributed by atoms with Gasteiger partial charge in [0.25, 0.3) is 0 Å². The van der Waals surface area contributed by atoms with Crippen molar-refractivity contribution in [3.8, 4) is 0 Å². The molecule has 0 heterocycles. The molecule has 3 atom stereocenters. The number of nitrogens with two attached hydrogens (primary N) is 2. The van der Waals surface area contributed by atoms with Gasteiger partial charge in [0.15, 0.2) is 5.78 Å². The van der Waals surface area contributed by atoms with Crippen LogP contribution in [0.4, 0.5) is 0 Å². The maximum absolute atomic E-state index is 12.5. The molecule has 6 N–H and O–H groups in total. The van der Waals surface area contributed by atoms with Crippen LogP contribution in [0.25, 0.3) is 0 Å². The van der Waals surface area contributed by atoms with Gasteiger partial charge in [-0.15, -0.1) is 0 Å². The Kier molecular flexibility index (Phi) is 6.62. The average molecular weight is 336 g/mol. The van der Waals surface area contributed by atoms with Gasteiger partial charge in [0.05, 0.1) is 6.04 Å². The highest BCUT2D eigenvalue weighted by Crippen LogP contribution is 2.24. The zero-order valence-electron chi connectivity index (χ0n) is 13.8. The SMILES string of the molecule is CC(C)CC(N)C(=O)C(C(=O)O)C(N)(Cc1ccccc1)C(=O)O. The minimum atomic E-state index is -2.28. The van der Waals surface area contributed by atoms with Gasteiger partial charge in [-0.25, -0.2) is 0 Å². The lowest BCUT2D eigenvalue weighted by Crippen LogP contribution is -2.63. The van der Waals surface area contributed by atoms with Gasteiger partial charge in [-0.05, 0) is 17.9 Å². The van der Waals surface area contributed by atoms with Gasteiger partial charge in [0, 0.05) is 6.42 Å². The molecule has 7 nitrogen and oxygen atoms in total. The molecular formula is C17H24N2O5. The highest BCUT2D eigenvalue weighted by molar-refractivity contribution is 6.06. The highest BCUT2D eigenvalue weighted by Gasteiger charge is 2.51. The van der Waals surface area contributed by atoms with Crippen molar-refractivity contribution in [3.05, 3.63) is 35.9 Å². The second-order valence-corrected chi connectivity index (χ2v) is 6.42.